The number of carboxylic acids is 1. The lowest BCUT2D eigenvalue weighted by Crippen LogP contribution is -2.30. The molecule has 0 aromatic heterocycles. The molecule has 4 N–H and O–H groups in total. The maximum absolute atomic E-state index is 12.5. The lowest BCUT2D eigenvalue weighted by atomic mass is 10.1. The molecule has 0 spiro atoms. The zero-order valence-electron chi connectivity index (χ0n) is 12.8. The van der Waals surface area contributed by atoms with Crippen LogP contribution in [0, 0.1) is 0 Å². The molecule has 25 heavy (non-hydrogen) atoms. The van der Waals surface area contributed by atoms with Crippen LogP contribution in [0.15, 0.2) is 53.4 Å². The third kappa shape index (κ3) is 4.79. The molecule has 2 rings (SSSR count). The van der Waals surface area contributed by atoms with E-state index in [1.165, 1.54) is 24.3 Å². The van der Waals surface area contributed by atoms with Crippen molar-refractivity contribution in [1.29, 1.82) is 0 Å². The molecule has 0 aliphatic rings. The molecule has 0 saturated carbocycles. The summed E-state index contributed by atoms with van der Waals surface area (Å²) in [5.74, 6) is -1.87. The summed E-state index contributed by atoms with van der Waals surface area (Å²) in [6.07, 6.45) is -0.484. The fraction of sp³-hybridized carbons (Fsp3) is 0.125. The molecule has 0 saturated heterocycles. The Labute approximate surface area is 149 Å². The number of sulfonamides is 1. The van der Waals surface area contributed by atoms with Crippen LogP contribution in [-0.2, 0) is 14.8 Å². The summed E-state index contributed by atoms with van der Waals surface area (Å²) in [4.78, 5) is 22.0. The van der Waals surface area contributed by atoms with Gasteiger partial charge in [-0.3, -0.25) is 9.59 Å². The predicted octanol–water partition coefficient (Wildman–Crippen LogP) is 1.93. The van der Waals surface area contributed by atoms with Crippen LogP contribution in [0.5, 0.6) is 0 Å². The first-order chi connectivity index (χ1) is 11.7. The number of rotatable bonds is 7. The first-order valence-corrected chi connectivity index (χ1v) is 8.95. The molecule has 0 unspecified atom stereocenters. The van der Waals surface area contributed by atoms with Crippen LogP contribution in [0.2, 0.25) is 5.02 Å². The second-order valence-corrected chi connectivity index (χ2v) is 7.30. The van der Waals surface area contributed by atoms with Gasteiger partial charge in [0.05, 0.1) is 17.4 Å². The zero-order valence-corrected chi connectivity index (χ0v) is 14.4. The average Bonchev–Trinajstić information content (AvgIpc) is 2.54. The van der Waals surface area contributed by atoms with E-state index in [1.807, 2.05) is 0 Å². The third-order valence-electron chi connectivity index (χ3n) is 3.41. The molecule has 1 atom stereocenters. The largest absolute Gasteiger partial charge is 0.481 e. The Morgan fingerprint density at radius 3 is 2.24 bits per heavy atom. The fourth-order valence-corrected chi connectivity index (χ4v) is 3.68. The molecule has 0 aliphatic heterocycles. The minimum Gasteiger partial charge on any atom is -0.481 e. The minimum atomic E-state index is -4.04. The van der Waals surface area contributed by atoms with Crippen LogP contribution >= 0.6 is 11.6 Å². The number of aliphatic carboxylic acids is 1. The van der Waals surface area contributed by atoms with Crippen molar-refractivity contribution >= 4 is 33.5 Å². The Morgan fingerprint density at radius 1 is 1.12 bits per heavy atom. The van der Waals surface area contributed by atoms with E-state index >= 15 is 0 Å². The number of halogens is 1. The van der Waals surface area contributed by atoms with Crippen LogP contribution < -0.4 is 10.5 Å². The molecule has 0 radical (unpaired) electrons. The van der Waals surface area contributed by atoms with E-state index in [9.17, 15) is 18.0 Å². The van der Waals surface area contributed by atoms with Crippen molar-refractivity contribution in [2.45, 2.75) is 17.4 Å². The minimum absolute atomic E-state index is 0.125. The number of hydrogen-bond acceptors (Lipinski definition) is 4. The lowest BCUT2D eigenvalue weighted by molar-refractivity contribution is -0.137. The highest BCUT2D eigenvalue weighted by atomic mass is 35.5. The van der Waals surface area contributed by atoms with E-state index in [-0.39, 0.29) is 15.5 Å². The molecule has 0 aliphatic carbocycles. The Morgan fingerprint density at radius 2 is 1.72 bits per heavy atom. The summed E-state index contributed by atoms with van der Waals surface area (Å²) < 4.78 is 27.4. The highest BCUT2D eigenvalue weighted by molar-refractivity contribution is 7.89. The summed E-state index contributed by atoms with van der Waals surface area (Å²) in [7, 11) is -4.04. The van der Waals surface area contributed by atoms with Crippen molar-refractivity contribution in [2.75, 3.05) is 0 Å². The van der Waals surface area contributed by atoms with Crippen LogP contribution in [0.3, 0.4) is 0 Å². The van der Waals surface area contributed by atoms with Gasteiger partial charge in [0.15, 0.2) is 0 Å². The van der Waals surface area contributed by atoms with Crippen molar-refractivity contribution in [1.82, 2.24) is 4.72 Å². The van der Waals surface area contributed by atoms with E-state index in [1.54, 1.807) is 24.3 Å². The monoisotopic (exact) mass is 382 g/mol. The molecule has 132 valence electrons. The number of carboxylic acid groups (broad SMARTS) is 1. The highest BCUT2D eigenvalue weighted by Crippen LogP contribution is 2.27. The van der Waals surface area contributed by atoms with E-state index in [0.717, 1.165) is 0 Å². The normalized spacial score (nSPS) is 12.5. The van der Waals surface area contributed by atoms with Crippen LogP contribution in [0.1, 0.15) is 28.4 Å². The molecule has 7 nitrogen and oxygen atoms in total. The van der Waals surface area contributed by atoms with Gasteiger partial charge in [-0.05, 0) is 35.9 Å². The zero-order chi connectivity index (χ0) is 18.6. The predicted molar refractivity (Wildman–Crippen MR) is 91.7 cm³/mol. The number of nitrogens with two attached hydrogens (primary N) is 1. The number of carbonyl (C=O) groups excluding carboxylic acids is 1. The number of amides is 1. The van der Waals surface area contributed by atoms with Gasteiger partial charge in [0.2, 0.25) is 15.9 Å². The van der Waals surface area contributed by atoms with Crippen molar-refractivity contribution in [2.24, 2.45) is 5.73 Å². The van der Waals surface area contributed by atoms with Gasteiger partial charge in [-0.25, -0.2) is 13.1 Å². The lowest BCUT2D eigenvalue weighted by Gasteiger charge is -2.18. The molecule has 9 heteroatoms. The summed E-state index contributed by atoms with van der Waals surface area (Å²) in [6, 6.07) is 10.3. The van der Waals surface area contributed by atoms with Crippen molar-refractivity contribution in [3.05, 3.63) is 64.7 Å². The van der Waals surface area contributed by atoms with Gasteiger partial charge < -0.3 is 10.8 Å². The van der Waals surface area contributed by atoms with Crippen LogP contribution in [-0.4, -0.2) is 25.4 Å². The van der Waals surface area contributed by atoms with Gasteiger partial charge in [-0.15, -0.1) is 0 Å². The second-order valence-electron chi connectivity index (χ2n) is 5.18. The fourth-order valence-electron chi connectivity index (χ4n) is 2.20. The van der Waals surface area contributed by atoms with E-state index in [4.69, 9.17) is 22.4 Å². The van der Waals surface area contributed by atoms with Crippen LogP contribution in [0.4, 0.5) is 0 Å². The quantitative estimate of drug-likeness (QED) is 0.674. The SMILES string of the molecule is NC(=O)c1ccc(S(=O)(=O)N[C@@H](CC(=O)O)c2ccccc2Cl)cc1. The van der Waals surface area contributed by atoms with E-state index in [2.05, 4.69) is 4.72 Å². The summed E-state index contributed by atoms with van der Waals surface area (Å²) in [5, 5.41) is 9.32. The van der Waals surface area contributed by atoms with Crippen LogP contribution in [0.25, 0.3) is 0 Å². The number of primary amides is 1. The van der Waals surface area contributed by atoms with Crippen molar-refractivity contribution in [3.8, 4) is 0 Å². The summed E-state index contributed by atoms with van der Waals surface area (Å²) in [6.45, 7) is 0. The number of carbonyl (C=O) groups is 2. The molecular weight excluding hydrogens is 368 g/mol. The number of benzene rings is 2. The topological polar surface area (TPSA) is 127 Å². The van der Waals surface area contributed by atoms with Gasteiger partial charge in [0, 0.05) is 10.6 Å². The highest BCUT2D eigenvalue weighted by Gasteiger charge is 2.25. The van der Waals surface area contributed by atoms with Crippen molar-refractivity contribution in [3.63, 3.8) is 0 Å². The number of nitrogens with one attached hydrogen (secondary N) is 1. The Balaban J connectivity index is 2.35. The van der Waals surface area contributed by atoms with Gasteiger partial charge in [0.25, 0.3) is 0 Å². The smallest absolute Gasteiger partial charge is 0.305 e. The van der Waals surface area contributed by atoms with Gasteiger partial charge in [0.1, 0.15) is 0 Å². The molecule has 0 fully saturated rings. The Hall–Kier alpha value is -2.42. The maximum atomic E-state index is 12.5. The first kappa shape index (κ1) is 18.9. The second kappa shape index (κ2) is 7.64. The standard InChI is InChI=1S/C16H15ClN2O5S/c17-13-4-2-1-3-12(13)14(9-15(20)21)19-25(23,24)11-7-5-10(6-8-11)16(18)22/h1-8,14,19H,9H2,(H2,18,22)(H,20,21)/t14-/m0/s1. The van der Waals surface area contributed by atoms with Gasteiger partial charge in [-0.1, -0.05) is 29.8 Å². The molecule has 2 aromatic rings. The first-order valence-electron chi connectivity index (χ1n) is 7.09. The molecule has 0 heterocycles. The van der Waals surface area contributed by atoms with Gasteiger partial charge >= 0.3 is 5.97 Å². The molecule has 0 bridgehead atoms. The van der Waals surface area contributed by atoms with Crippen molar-refractivity contribution < 1.29 is 23.1 Å². The van der Waals surface area contributed by atoms with Gasteiger partial charge in [-0.2, -0.15) is 0 Å². The van der Waals surface area contributed by atoms with E-state index < -0.39 is 34.4 Å². The Kier molecular flexibility index (Phi) is 5.78. The molecule has 2 aromatic carbocycles. The molecular formula is C16H15ClN2O5S. The third-order valence-corrected chi connectivity index (χ3v) is 5.24. The summed E-state index contributed by atoms with van der Waals surface area (Å²) >= 11 is 6.05. The van der Waals surface area contributed by atoms with E-state index in [0.29, 0.717) is 5.56 Å². The average molecular weight is 383 g/mol. The number of hydrogen-bond donors (Lipinski definition) is 3. The Bertz CT molecular complexity index is 897. The maximum Gasteiger partial charge on any atom is 0.305 e. The molecule has 1 amide bonds. The summed E-state index contributed by atoms with van der Waals surface area (Å²) in [5.41, 5.74) is 5.63.